The van der Waals surface area contributed by atoms with Crippen LogP contribution in [0, 0.1) is 11.8 Å². The van der Waals surface area contributed by atoms with Gasteiger partial charge in [0.25, 0.3) is 0 Å². The van der Waals surface area contributed by atoms with E-state index in [1.807, 2.05) is 13.8 Å². The molecule has 1 aromatic rings. The average molecular weight is 432 g/mol. The molecule has 160 valence electrons. The van der Waals surface area contributed by atoms with Gasteiger partial charge in [-0.25, -0.2) is 8.42 Å². The van der Waals surface area contributed by atoms with Crippen LogP contribution in [0.4, 0.5) is 0 Å². The molecule has 8 heteroatoms. The molecular weight excluding hydrogens is 398 g/mol. The van der Waals surface area contributed by atoms with E-state index in [2.05, 4.69) is 17.6 Å². The van der Waals surface area contributed by atoms with E-state index in [0.29, 0.717) is 24.8 Å². The summed E-state index contributed by atoms with van der Waals surface area (Å²) in [4.78, 5) is 12.5. The van der Waals surface area contributed by atoms with E-state index in [0.717, 1.165) is 31.5 Å². The first kappa shape index (κ1) is 24.9. The molecule has 1 atom stereocenters. The van der Waals surface area contributed by atoms with Crippen LogP contribution in [-0.2, 0) is 21.4 Å². The summed E-state index contributed by atoms with van der Waals surface area (Å²) < 4.78 is 26.3. The Labute approximate surface area is 175 Å². The van der Waals surface area contributed by atoms with Crippen molar-refractivity contribution in [2.75, 3.05) is 20.1 Å². The topological polar surface area (TPSA) is 78.5 Å². The molecular formula is C20H34ClN3O3S. The fraction of sp³-hybridized carbons (Fsp3) is 0.650. The average Bonchev–Trinajstić information content (AvgIpc) is 2.66. The molecule has 1 aromatic carbocycles. The Morgan fingerprint density at radius 2 is 1.75 bits per heavy atom. The molecule has 28 heavy (non-hydrogen) atoms. The Hall–Kier alpha value is -1.15. The highest BCUT2D eigenvalue weighted by Crippen LogP contribution is 2.24. The van der Waals surface area contributed by atoms with Crippen molar-refractivity contribution >= 4 is 28.3 Å². The van der Waals surface area contributed by atoms with Crippen molar-refractivity contribution in [3.8, 4) is 0 Å². The summed E-state index contributed by atoms with van der Waals surface area (Å²) in [6.07, 6.45) is 2.81. The molecule has 1 saturated heterocycles. The third-order valence-corrected chi connectivity index (χ3v) is 7.56. The van der Waals surface area contributed by atoms with Gasteiger partial charge in [-0.2, -0.15) is 4.31 Å². The van der Waals surface area contributed by atoms with Crippen molar-refractivity contribution in [2.45, 2.75) is 57.5 Å². The summed E-state index contributed by atoms with van der Waals surface area (Å²) in [7, 11) is -1.89. The van der Waals surface area contributed by atoms with E-state index in [9.17, 15) is 13.2 Å². The third kappa shape index (κ3) is 6.72. The van der Waals surface area contributed by atoms with Gasteiger partial charge >= 0.3 is 0 Å². The van der Waals surface area contributed by atoms with Gasteiger partial charge in [0.15, 0.2) is 0 Å². The standard InChI is InChI=1S/C20H33N3O3S.ClH/c1-15(2)23(4)27(25,26)19-7-5-17(6-8-19)14-22-20(24)13-16(3)18-9-11-21-12-10-18;/h5-8,15-16,18,21H,9-14H2,1-4H3,(H,22,24);1H. The highest BCUT2D eigenvalue weighted by atomic mass is 35.5. The van der Waals surface area contributed by atoms with Crippen LogP contribution in [0.1, 0.15) is 45.6 Å². The normalized spacial score (nSPS) is 16.6. The lowest BCUT2D eigenvalue weighted by atomic mass is 9.84. The number of carbonyl (C=O) groups excluding carboxylic acids is 1. The molecule has 0 spiro atoms. The number of carbonyl (C=O) groups is 1. The van der Waals surface area contributed by atoms with Crippen LogP contribution >= 0.6 is 12.4 Å². The van der Waals surface area contributed by atoms with Gasteiger partial charge in [-0.1, -0.05) is 19.1 Å². The van der Waals surface area contributed by atoms with Crippen molar-refractivity contribution in [3.63, 3.8) is 0 Å². The van der Waals surface area contributed by atoms with Gasteiger partial charge in [0.1, 0.15) is 0 Å². The van der Waals surface area contributed by atoms with E-state index < -0.39 is 10.0 Å². The van der Waals surface area contributed by atoms with Crippen molar-refractivity contribution in [1.29, 1.82) is 0 Å². The second kappa shape index (κ2) is 11.1. The van der Waals surface area contributed by atoms with Crippen molar-refractivity contribution in [1.82, 2.24) is 14.9 Å². The summed E-state index contributed by atoms with van der Waals surface area (Å²) in [5, 5.41) is 6.30. The van der Waals surface area contributed by atoms with Crippen LogP contribution < -0.4 is 10.6 Å². The number of halogens is 1. The maximum absolute atomic E-state index is 12.5. The molecule has 0 bridgehead atoms. The molecule has 6 nitrogen and oxygen atoms in total. The lowest BCUT2D eigenvalue weighted by molar-refractivity contribution is -0.122. The minimum Gasteiger partial charge on any atom is -0.352 e. The largest absolute Gasteiger partial charge is 0.352 e. The maximum Gasteiger partial charge on any atom is 0.243 e. The Morgan fingerprint density at radius 3 is 2.29 bits per heavy atom. The minimum absolute atomic E-state index is 0. The highest BCUT2D eigenvalue weighted by Gasteiger charge is 2.23. The number of piperidine rings is 1. The molecule has 1 aliphatic heterocycles. The summed E-state index contributed by atoms with van der Waals surface area (Å²) in [5.74, 6) is 1.04. The monoisotopic (exact) mass is 431 g/mol. The van der Waals surface area contributed by atoms with E-state index in [1.165, 1.54) is 4.31 Å². The first-order valence-electron chi connectivity index (χ1n) is 9.76. The van der Waals surface area contributed by atoms with Gasteiger partial charge in [-0.3, -0.25) is 4.79 Å². The van der Waals surface area contributed by atoms with Gasteiger partial charge in [-0.15, -0.1) is 12.4 Å². The zero-order valence-electron chi connectivity index (χ0n) is 17.3. The molecule has 1 unspecified atom stereocenters. The first-order valence-corrected chi connectivity index (χ1v) is 11.2. The number of hydrogen-bond donors (Lipinski definition) is 2. The second-order valence-corrected chi connectivity index (χ2v) is 9.80. The Kier molecular flexibility index (Phi) is 9.90. The van der Waals surface area contributed by atoms with Crippen LogP contribution in [-0.4, -0.2) is 44.8 Å². The predicted octanol–water partition coefficient (Wildman–Crippen LogP) is 2.78. The smallest absolute Gasteiger partial charge is 0.243 e. The van der Waals surface area contributed by atoms with E-state index >= 15 is 0 Å². The van der Waals surface area contributed by atoms with Gasteiger partial charge in [-0.05, 0) is 69.3 Å². The van der Waals surface area contributed by atoms with Gasteiger partial charge in [0, 0.05) is 26.1 Å². The molecule has 1 aliphatic rings. The number of sulfonamides is 1. The first-order chi connectivity index (χ1) is 12.7. The number of amides is 1. The van der Waals surface area contributed by atoms with Crippen molar-refractivity contribution in [3.05, 3.63) is 29.8 Å². The Balaban J connectivity index is 0.00000392. The summed E-state index contributed by atoms with van der Waals surface area (Å²) in [6.45, 7) is 8.33. The van der Waals surface area contributed by atoms with Crippen LogP contribution in [0.3, 0.4) is 0 Å². The van der Waals surface area contributed by atoms with Crippen LogP contribution in [0.5, 0.6) is 0 Å². The number of benzene rings is 1. The lowest BCUT2D eigenvalue weighted by Crippen LogP contribution is -2.33. The molecule has 1 fully saturated rings. The van der Waals surface area contributed by atoms with Crippen LogP contribution in [0.25, 0.3) is 0 Å². The molecule has 1 heterocycles. The van der Waals surface area contributed by atoms with Crippen LogP contribution in [0.2, 0.25) is 0 Å². The lowest BCUT2D eigenvalue weighted by Gasteiger charge is -2.27. The zero-order valence-corrected chi connectivity index (χ0v) is 18.9. The summed E-state index contributed by atoms with van der Waals surface area (Å²) in [6, 6.07) is 6.63. The van der Waals surface area contributed by atoms with Crippen molar-refractivity contribution < 1.29 is 13.2 Å². The Bertz CT molecular complexity index is 717. The molecule has 2 rings (SSSR count). The van der Waals surface area contributed by atoms with Crippen molar-refractivity contribution in [2.24, 2.45) is 11.8 Å². The fourth-order valence-corrected chi connectivity index (χ4v) is 4.74. The molecule has 2 N–H and O–H groups in total. The maximum atomic E-state index is 12.5. The number of nitrogens with zero attached hydrogens (tertiary/aromatic N) is 1. The number of hydrogen-bond acceptors (Lipinski definition) is 4. The third-order valence-electron chi connectivity index (χ3n) is 5.51. The molecule has 0 radical (unpaired) electrons. The molecule has 0 aromatic heterocycles. The fourth-order valence-electron chi connectivity index (χ4n) is 3.37. The van der Waals surface area contributed by atoms with E-state index in [1.54, 1.807) is 31.3 Å². The van der Waals surface area contributed by atoms with Gasteiger partial charge < -0.3 is 10.6 Å². The summed E-state index contributed by atoms with van der Waals surface area (Å²) in [5.41, 5.74) is 0.893. The zero-order chi connectivity index (χ0) is 20.0. The Morgan fingerprint density at radius 1 is 1.18 bits per heavy atom. The molecule has 1 amide bonds. The SMILES string of the molecule is CC(CC(=O)NCc1ccc(S(=O)(=O)N(C)C(C)C)cc1)C1CCNCC1.Cl. The highest BCUT2D eigenvalue weighted by molar-refractivity contribution is 7.89. The molecule has 0 aliphatic carbocycles. The van der Waals surface area contributed by atoms with Gasteiger partial charge in [0.05, 0.1) is 4.90 Å². The number of nitrogens with one attached hydrogen (secondary N) is 2. The predicted molar refractivity (Wildman–Crippen MR) is 115 cm³/mol. The number of rotatable bonds is 8. The molecule has 0 saturated carbocycles. The summed E-state index contributed by atoms with van der Waals surface area (Å²) >= 11 is 0. The quantitative estimate of drug-likeness (QED) is 0.663. The van der Waals surface area contributed by atoms with Crippen LogP contribution in [0.15, 0.2) is 29.2 Å². The minimum atomic E-state index is -3.47. The second-order valence-electron chi connectivity index (χ2n) is 7.80. The van der Waals surface area contributed by atoms with Gasteiger partial charge in [0.2, 0.25) is 15.9 Å². The van der Waals surface area contributed by atoms with E-state index in [-0.39, 0.29) is 29.3 Å². The van der Waals surface area contributed by atoms with E-state index in [4.69, 9.17) is 0 Å².